The molecule has 3 aliphatic rings. The van der Waals surface area contributed by atoms with Gasteiger partial charge in [-0.05, 0) is 84.4 Å². The summed E-state index contributed by atoms with van der Waals surface area (Å²) >= 11 is 6.27. The zero-order valence-electron chi connectivity index (χ0n) is 31.2. The van der Waals surface area contributed by atoms with E-state index in [1.807, 2.05) is 18.2 Å². The van der Waals surface area contributed by atoms with Gasteiger partial charge in [-0.2, -0.15) is 0 Å². The van der Waals surface area contributed by atoms with Crippen LogP contribution >= 0.6 is 11.6 Å². The van der Waals surface area contributed by atoms with Crippen molar-refractivity contribution in [2.45, 2.75) is 43.8 Å². The van der Waals surface area contributed by atoms with Gasteiger partial charge in [0.05, 0.1) is 33.3 Å². The summed E-state index contributed by atoms with van der Waals surface area (Å²) in [6, 6.07) is 53.2. The number of nitrogens with zero attached hydrogens (tertiary/aromatic N) is 2. The molecule has 11 rings (SSSR count). The molecule has 56 heavy (non-hydrogen) atoms. The van der Waals surface area contributed by atoms with Gasteiger partial charge in [-0.25, -0.2) is 9.97 Å². The van der Waals surface area contributed by atoms with Gasteiger partial charge in [-0.15, -0.1) is 0 Å². The first-order valence-electron chi connectivity index (χ1n) is 19.1. The summed E-state index contributed by atoms with van der Waals surface area (Å²) in [5.41, 5.74) is 11.3. The predicted octanol–water partition coefficient (Wildman–Crippen LogP) is 11.1. The molecule has 0 bridgehead atoms. The molecule has 1 unspecified atom stereocenters. The normalized spacial score (nSPS) is 18.4. The molecule has 6 aromatic carbocycles. The minimum absolute atomic E-state index is 0.457. The summed E-state index contributed by atoms with van der Waals surface area (Å²) in [6.07, 6.45) is 0.667. The fourth-order valence-corrected chi connectivity index (χ4v) is 9.44. The number of hydrogen-bond donors (Lipinski definition) is 0. The molecule has 5 nitrogen and oxygen atoms in total. The van der Waals surface area contributed by atoms with E-state index >= 15 is 0 Å². The molecule has 0 N–H and O–H groups in total. The van der Waals surface area contributed by atoms with Gasteiger partial charge >= 0.3 is 7.12 Å². The lowest BCUT2D eigenvalue weighted by molar-refractivity contribution is -0.00876. The summed E-state index contributed by atoms with van der Waals surface area (Å²) in [5, 5.41) is 2.50. The van der Waals surface area contributed by atoms with E-state index < -0.39 is 23.7 Å². The van der Waals surface area contributed by atoms with Crippen LogP contribution in [0.1, 0.15) is 48.6 Å². The van der Waals surface area contributed by atoms with Crippen molar-refractivity contribution in [2.24, 2.45) is 0 Å². The topological polar surface area (TPSA) is 53.5 Å². The number of benzene rings is 6. The molecular formula is C49H36BClN2O3. The minimum Gasteiger partial charge on any atom is -0.457 e. The lowest BCUT2D eigenvalue weighted by Crippen LogP contribution is -2.46. The van der Waals surface area contributed by atoms with Crippen molar-refractivity contribution in [2.75, 3.05) is 0 Å². The van der Waals surface area contributed by atoms with Crippen LogP contribution in [0.25, 0.3) is 44.2 Å². The van der Waals surface area contributed by atoms with Crippen LogP contribution in [0.3, 0.4) is 0 Å². The fourth-order valence-electron chi connectivity index (χ4n) is 9.30. The molecule has 1 fully saturated rings. The molecular weight excluding hydrogens is 711 g/mol. The molecule has 270 valence electrons. The molecule has 1 spiro atoms. The molecule has 1 atom stereocenters. The van der Waals surface area contributed by atoms with E-state index in [1.54, 1.807) is 0 Å². The number of rotatable bonds is 4. The van der Waals surface area contributed by atoms with Crippen LogP contribution in [0.4, 0.5) is 0 Å². The summed E-state index contributed by atoms with van der Waals surface area (Å²) in [5.74, 6) is 1.68. The minimum atomic E-state index is -0.613. The Morgan fingerprint density at radius 1 is 0.571 bits per heavy atom. The Labute approximate surface area is 331 Å². The monoisotopic (exact) mass is 746 g/mol. The summed E-state index contributed by atoms with van der Waals surface area (Å²) in [4.78, 5) is 9.63. The van der Waals surface area contributed by atoms with Crippen molar-refractivity contribution in [3.63, 3.8) is 0 Å². The smallest absolute Gasteiger partial charge is 0.457 e. The molecule has 1 aliphatic carbocycles. The molecule has 2 aromatic heterocycles. The second kappa shape index (κ2) is 12.1. The second-order valence-electron chi connectivity index (χ2n) is 15.9. The Balaban J connectivity index is 0.910. The Bertz CT molecular complexity index is 2870. The van der Waals surface area contributed by atoms with E-state index in [2.05, 4.69) is 159 Å². The molecule has 7 heteroatoms. The molecule has 2 aliphatic heterocycles. The number of hydrogen-bond acceptors (Lipinski definition) is 5. The van der Waals surface area contributed by atoms with Crippen molar-refractivity contribution in [3.05, 3.63) is 185 Å². The zero-order valence-corrected chi connectivity index (χ0v) is 32.0. The fraction of sp³-hybridized carbons (Fsp3) is 0.143. The maximum Gasteiger partial charge on any atom is 0.494 e. The van der Waals surface area contributed by atoms with Gasteiger partial charge in [0.15, 0.2) is 0 Å². The summed E-state index contributed by atoms with van der Waals surface area (Å²) < 4.78 is 20.5. The Hall–Kier alpha value is -5.79. The molecule has 0 amide bonds. The van der Waals surface area contributed by atoms with E-state index in [9.17, 15) is 0 Å². The number of pyridine rings is 2. The maximum absolute atomic E-state index is 6.95. The van der Waals surface area contributed by atoms with Crippen LogP contribution in [0.2, 0.25) is 5.15 Å². The van der Waals surface area contributed by atoms with Crippen molar-refractivity contribution in [3.8, 4) is 33.9 Å². The number of aromatic nitrogens is 2. The number of ether oxygens (including phenoxy) is 1. The van der Waals surface area contributed by atoms with Gasteiger partial charge in [-0.1, -0.05) is 133 Å². The van der Waals surface area contributed by atoms with Crippen molar-refractivity contribution >= 4 is 46.0 Å². The van der Waals surface area contributed by atoms with Gasteiger partial charge in [0.1, 0.15) is 16.7 Å². The Morgan fingerprint density at radius 2 is 1.18 bits per heavy atom. The first-order valence-corrected chi connectivity index (χ1v) is 19.5. The second-order valence-corrected chi connectivity index (χ2v) is 16.3. The number of para-hydroxylation sites is 1. The summed E-state index contributed by atoms with van der Waals surface area (Å²) in [6.45, 7) is 6.40. The van der Waals surface area contributed by atoms with E-state index in [-0.39, 0.29) is 0 Å². The molecule has 0 saturated carbocycles. The quantitative estimate of drug-likeness (QED) is 0.102. The van der Waals surface area contributed by atoms with Crippen LogP contribution in [-0.4, -0.2) is 28.3 Å². The first kappa shape index (κ1) is 33.5. The van der Waals surface area contributed by atoms with Gasteiger partial charge in [-0.3, -0.25) is 0 Å². The van der Waals surface area contributed by atoms with Crippen LogP contribution < -0.4 is 10.2 Å². The van der Waals surface area contributed by atoms with E-state index in [0.29, 0.717) is 11.6 Å². The average Bonchev–Trinajstić information content (AvgIpc) is 3.64. The highest BCUT2D eigenvalue weighted by atomic mass is 35.5. The zero-order chi connectivity index (χ0) is 37.8. The average molecular weight is 747 g/mol. The predicted molar refractivity (Wildman–Crippen MR) is 225 cm³/mol. The highest BCUT2D eigenvalue weighted by Gasteiger charge is 2.55. The van der Waals surface area contributed by atoms with Crippen LogP contribution in [0.5, 0.6) is 11.5 Å². The molecule has 0 radical (unpaired) electrons. The van der Waals surface area contributed by atoms with Crippen molar-refractivity contribution in [1.82, 2.24) is 9.97 Å². The van der Waals surface area contributed by atoms with E-state index in [4.69, 9.17) is 30.6 Å². The molecule has 4 heterocycles. The largest absolute Gasteiger partial charge is 0.494 e. The highest BCUT2D eigenvalue weighted by molar-refractivity contribution is 6.62. The van der Waals surface area contributed by atoms with E-state index in [0.717, 1.165) is 66.7 Å². The Kier molecular flexibility index (Phi) is 7.25. The van der Waals surface area contributed by atoms with Gasteiger partial charge in [0.25, 0.3) is 0 Å². The summed E-state index contributed by atoms with van der Waals surface area (Å²) in [7, 11) is -0.571. The SMILES string of the molecule is CC1(C)OB(c2ccc3c(c2)Oc2ccccc2C32c3ccccc3-c3ccccc32)OC1(C)Cc1ccc(-c2ccc3ccc4ccc(Cl)nc4c3n2)cc1. The van der Waals surface area contributed by atoms with Crippen LogP contribution in [-0.2, 0) is 21.1 Å². The van der Waals surface area contributed by atoms with Gasteiger partial charge < -0.3 is 14.0 Å². The molecule has 8 aromatic rings. The van der Waals surface area contributed by atoms with E-state index in [1.165, 1.54) is 22.3 Å². The van der Waals surface area contributed by atoms with Crippen molar-refractivity contribution in [1.29, 1.82) is 0 Å². The van der Waals surface area contributed by atoms with Crippen LogP contribution in [0, 0.1) is 0 Å². The van der Waals surface area contributed by atoms with Crippen LogP contribution in [0.15, 0.2) is 152 Å². The highest BCUT2D eigenvalue weighted by Crippen LogP contribution is 2.61. The maximum atomic E-state index is 6.95. The third-order valence-corrected chi connectivity index (χ3v) is 12.7. The third kappa shape index (κ3) is 4.83. The third-order valence-electron chi connectivity index (χ3n) is 12.5. The van der Waals surface area contributed by atoms with Gasteiger partial charge in [0.2, 0.25) is 0 Å². The molecule has 1 saturated heterocycles. The standard InChI is InChI=1S/C49H36BClN2O3/c1-47(2)48(3,29-30-16-18-31(19-17-30)41-26-22-32-20-21-33-23-27-44(51)53-46(33)45(32)52-41)56-50(55-47)34-24-25-40-43(28-34)54-42-15-9-8-14-39(42)49(40)37-12-6-4-10-35(37)36-11-5-7-13-38(36)49/h4-28H,29H2,1-3H3. The number of fused-ring (bicyclic) bond motifs is 12. The number of halogens is 1. The van der Waals surface area contributed by atoms with Crippen molar-refractivity contribution < 1.29 is 14.0 Å². The first-order chi connectivity index (χ1) is 27.2. The lowest BCUT2D eigenvalue weighted by atomic mass is 9.65. The van der Waals surface area contributed by atoms with Gasteiger partial charge in [0, 0.05) is 33.9 Å². The Morgan fingerprint density at radius 3 is 1.91 bits per heavy atom. The lowest BCUT2D eigenvalue weighted by Gasteiger charge is -2.39.